The van der Waals surface area contributed by atoms with Crippen molar-refractivity contribution in [2.24, 2.45) is 5.73 Å². The van der Waals surface area contributed by atoms with Crippen molar-refractivity contribution in [2.45, 2.75) is 51.6 Å². The van der Waals surface area contributed by atoms with Gasteiger partial charge in [-0.1, -0.05) is 19.8 Å². The van der Waals surface area contributed by atoms with E-state index in [4.69, 9.17) is 5.73 Å². The third-order valence-corrected chi connectivity index (χ3v) is 3.86. The molecule has 0 amide bonds. The van der Waals surface area contributed by atoms with Crippen LogP contribution in [0.5, 0.6) is 0 Å². The lowest BCUT2D eigenvalue weighted by Gasteiger charge is -2.31. The zero-order valence-electron chi connectivity index (χ0n) is 11.2. The Morgan fingerprint density at radius 1 is 1.28 bits per heavy atom. The minimum absolute atomic E-state index is 0.174. The average Bonchev–Trinajstić information content (AvgIpc) is 2.62. The minimum Gasteiger partial charge on any atom is -0.368 e. The summed E-state index contributed by atoms with van der Waals surface area (Å²) in [7, 11) is 0. The molecule has 0 spiro atoms. The van der Waals surface area contributed by atoms with Crippen LogP contribution in [-0.2, 0) is 6.54 Å². The second-order valence-electron chi connectivity index (χ2n) is 5.13. The lowest BCUT2D eigenvalue weighted by atomic mass is 10.1. The monoisotopic (exact) mass is 250 g/mol. The molecule has 18 heavy (non-hydrogen) atoms. The first-order valence-corrected chi connectivity index (χ1v) is 7.00. The molecule has 3 heteroatoms. The molecule has 0 bridgehead atoms. The Labute approximate surface area is 109 Å². The maximum absolute atomic E-state index is 13.6. The summed E-state index contributed by atoms with van der Waals surface area (Å²) >= 11 is 0. The lowest BCUT2D eigenvalue weighted by molar-refractivity contribution is 0.553. The van der Waals surface area contributed by atoms with Crippen molar-refractivity contribution >= 4 is 5.69 Å². The van der Waals surface area contributed by atoms with Gasteiger partial charge in [0.2, 0.25) is 0 Å². The van der Waals surface area contributed by atoms with E-state index in [0.717, 1.165) is 24.2 Å². The highest BCUT2D eigenvalue weighted by atomic mass is 19.1. The van der Waals surface area contributed by atoms with E-state index >= 15 is 0 Å². The molecule has 1 aromatic carbocycles. The Hall–Kier alpha value is -1.09. The van der Waals surface area contributed by atoms with E-state index in [2.05, 4.69) is 11.8 Å². The van der Waals surface area contributed by atoms with Crippen LogP contribution >= 0.6 is 0 Å². The van der Waals surface area contributed by atoms with Crippen LogP contribution in [0.3, 0.4) is 0 Å². The fraction of sp³-hybridized carbons (Fsp3) is 0.600. The molecule has 1 atom stereocenters. The molecule has 2 nitrogen and oxygen atoms in total. The third kappa shape index (κ3) is 3.02. The predicted octanol–water partition coefficient (Wildman–Crippen LogP) is 3.44. The Bertz CT molecular complexity index is 392. The molecule has 1 heterocycles. The van der Waals surface area contributed by atoms with Crippen molar-refractivity contribution in [3.8, 4) is 0 Å². The summed E-state index contributed by atoms with van der Waals surface area (Å²) in [5, 5.41) is 0. The summed E-state index contributed by atoms with van der Waals surface area (Å²) in [4.78, 5) is 2.37. The molecule has 0 aromatic heterocycles. The molecule has 1 unspecified atom stereocenters. The highest BCUT2D eigenvalue weighted by molar-refractivity contribution is 5.50. The Kier molecular flexibility index (Phi) is 4.59. The number of rotatable bonds is 3. The van der Waals surface area contributed by atoms with Crippen molar-refractivity contribution in [1.82, 2.24) is 0 Å². The molecule has 0 radical (unpaired) electrons. The van der Waals surface area contributed by atoms with Crippen LogP contribution < -0.4 is 10.6 Å². The summed E-state index contributed by atoms with van der Waals surface area (Å²) in [6.45, 7) is 3.65. The number of hydrogen-bond acceptors (Lipinski definition) is 2. The van der Waals surface area contributed by atoms with Crippen LogP contribution in [0.25, 0.3) is 0 Å². The van der Waals surface area contributed by atoms with E-state index in [1.54, 1.807) is 6.07 Å². The highest BCUT2D eigenvalue weighted by Crippen LogP contribution is 2.27. The standard InChI is InChI=1S/C15H23FN2/c1-2-14-6-4-3-5-7-18(14)15-9-12(11-17)8-13(16)10-15/h8-10,14H,2-7,11,17H2,1H3. The van der Waals surface area contributed by atoms with Crippen LogP contribution in [0, 0.1) is 5.82 Å². The largest absolute Gasteiger partial charge is 0.368 e. The zero-order chi connectivity index (χ0) is 13.0. The smallest absolute Gasteiger partial charge is 0.125 e. The van der Waals surface area contributed by atoms with E-state index in [1.807, 2.05) is 6.07 Å². The number of halogens is 1. The molecular formula is C15H23FN2. The maximum Gasteiger partial charge on any atom is 0.125 e. The van der Waals surface area contributed by atoms with E-state index in [0.29, 0.717) is 12.6 Å². The zero-order valence-corrected chi connectivity index (χ0v) is 11.2. The van der Waals surface area contributed by atoms with Gasteiger partial charge in [0, 0.05) is 24.8 Å². The summed E-state index contributed by atoms with van der Waals surface area (Å²) in [6, 6.07) is 5.76. The number of nitrogens with two attached hydrogens (primary N) is 1. The Morgan fingerprint density at radius 3 is 2.83 bits per heavy atom. The van der Waals surface area contributed by atoms with Crippen LogP contribution in [-0.4, -0.2) is 12.6 Å². The van der Waals surface area contributed by atoms with Gasteiger partial charge in [-0.05, 0) is 43.0 Å². The van der Waals surface area contributed by atoms with Gasteiger partial charge in [-0.2, -0.15) is 0 Å². The first-order chi connectivity index (χ1) is 8.74. The second-order valence-corrected chi connectivity index (χ2v) is 5.13. The topological polar surface area (TPSA) is 29.3 Å². The summed E-state index contributed by atoms with van der Waals surface area (Å²) in [5.41, 5.74) is 7.51. The van der Waals surface area contributed by atoms with Gasteiger partial charge in [0.25, 0.3) is 0 Å². The molecule has 100 valence electrons. The molecule has 1 aromatic rings. The van der Waals surface area contributed by atoms with Gasteiger partial charge in [0.05, 0.1) is 0 Å². The fourth-order valence-corrected chi connectivity index (χ4v) is 2.86. The number of hydrogen-bond donors (Lipinski definition) is 1. The average molecular weight is 250 g/mol. The van der Waals surface area contributed by atoms with Crippen molar-refractivity contribution in [3.63, 3.8) is 0 Å². The van der Waals surface area contributed by atoms with Gasteiger partial charge in [-0.25, -0.2) is 4.39 Å². The first kappa shape index (κ1) is 13.3. The molecule has 2 N–H and O–H groups in total. The quantitative estimate of drug-likeness (QED) is 0.890. The molecular weight excluding hydrogens is 227 g/mol. The van der Waals surface area contributed by atoms with Gasteiger partial charge < -0.3 is 10.6 Å². The van der Waals surface area contributed by atoms with Crippen molar-refractivity contribution in [2.75, 3.05) is 11.4 Å². The maximum atomic E-state index is 13.6. The number of benzene rings is 1. The van der Waals surface area contributed by atoms with Crippen LogP contribution in [0.4, 0.5) is 10.1 Å². The molecule has 2 rings (SSSR count). The highest BCUT2D eigenvalue weighted by Gasteiger charge is 2.20. The van der Waals surface area contributed by atoms with Crippen molar-refractivity contribution in [3.05, 3.63) is 29.6 Å². The normalized spacial score (nSPS) is 20.8. The third-order valence-electron chi connectivity index (χ3n) is 3.86. The van der Waals surface area contributed by atoms with Crippen LogP contribution in [0.1, 0.15) is 44.6 Å². The summed E-state index contributed by atoms with van der Waals surface area (Å²) in [6.07, 6.45) is 6.10. The van der Waals surface area contributed by atoms with Gasteiger partial charge in [-0.3, -0.25) is 0 Å². The SMILES string of the molecule is CCC1CCCCCN1c1cc(F)cc(CN)c1. The van der Waals surface area contributed by atoms with Crippen LogP contribution in [0.15, 0.2) is 18.2 Å². The minimum atomic E-state index is -0.174. The number of anilines is 1. The Morgan fingerprint density at radius 2 is 2.11 bits per heavy atom. The van der Waals surface area contributed by atoms with Crippen LogP contribution in [0.2, 0.25) is 0 Å². The molecule has 1 aliphatic rings. The van der Waals surface area contributed by atoms with E-state index in [9.17, 15) is 4.39 Å². The predicted molar refractivity (Wildman–Crippen MR) is 74.2 cm³/mol. The van der Waals surface area contributed by atoms with E-state index in [1.165, 1.54) is 31.7 Å². The Balaban J connectivity index is 2.29. The molecule has 1 aliphatic heterocycles. The van der Waals surface area contributed by atoms with E-state index < -0.39 is 0 Å². The van der Waals surface area contributed by atoms with E-state index in [-0.39, 0.29) is 5.82 Å². The summed E-state index contributed by atoms with van der Waals surface area (Å²) < 4.78 is 13.6. The van der Waals surface area contributed by atoms with Gasteiger partial charge >= 0.3 is 0 Å². The fourth-order valence-electron chi connectivity index (χ4n) is 2.86. The van der Waals surface area contributed by atoms with Gasteiger partial charge in [-0.15, -0.1) is 0 Å². The number of nitrogens with zero attached hydrogens (tertiary/aromatic N) is 1. The molecule has 1 saturated heterocycles. The molecule has 0 saturated carbocycles. The lowest BCUT2D eigenvalue weighted by Crippen LogP contribution is -2.34. The van der Waals surface area contributed by atoms with Gasteiger partial charge in [0.1, 0.15) is 5.82 Å². The molecule has 0 aliphatic carbocycles. The van der Waals surface area contributed by atoms with Gasteiger partial charge in [0.15, 0.2) is 0 Å². The molecule has 1 fully saturated rings. The van der Waals surface area contributed by atoms with Crippen molar-refractivity contribution in [1.29, 1.82) is 0 Å². The first-order valence-electron chi connectivity index (χ1n) is 7.00. The summed E-state index contributed by atoms with van der Waals surface area (Å²) in [5.74, 6) is -0.174. The second kappa shape index (κ2) is 6.19. The van der Waals surface area contributed by atoms with Crippen molar-refractivity contribution < 1.29 is 4.39 Å².